The fraction of sp³-hybridized carbons (Fsp3) is 0.357. The first-order valence-corrected chi connectivity index (χ1v) is 7.32. The molecule has 0 unspecified atom stereocenters. The third kappa shape index (κ3) is 2.69. The molecule has 0 bridgehead atoms. The Morgan fingerprint density at radius 3 is 2.10 bits per heavy atom. The van der Waals surface area contributed by atoms with E-state index in [1.807, 2.05) is 19.1 Å². The van der Waals surface area contributed by atoms with Crippen molar-refractivity contribution in [2.45, 2.75) is 12.8 Å². The smallest absolute Gasteiger partial charge is 0.203 e. The molecule has 2 aromatic rings. The van der Waals surface area contributed by atoms with E-state index in [-0.39, 0.29) is 0 Å². The van der Waals surface area contributed by atoms with Crippen LogP contribution in [-0.2, 0) is 5.88 Å². The fourth-order valence-corrected chi connectivity index (χ4v) is 3.14. The van der Waals surface area contributed by atoms with Gasteiger partial charge in [0, 0.05) is 10.4 Å². The van der Waals surface area contributed by atoms with E-state index in [0.29, 0.717) is 23.1 Å². The highest BCUT2D eigenvalue weighted by Gasteiger charge is 2.16. The van der Waals surface area contributed by atoms with Crippen molar-refractivity contribution in [1.29, 1.82) is 0 Å². The summed E-state index contributed by atoms with van der Waals surface area (Å²) in [6.07, 6.45) is 0. The molecule has 0 aliphatic rings. The van der Waals surface area contributed by atoms with E-state index in [2.05, 4.69) is 4.98 Å². The summed E-state index contributed by atoms with van der Waals surface area (Å²) in [4.78, 5) is 5.61. The normalized spacial score (nSPS) is 10.4. The lowest BCUT2D eigenvalue weighted by Crippen LogP contribution is -1.95. The lowest BCUT2D eigenvalue weighted by molar-refractivity contribution is 0.324. The van der Waals surface area contributed by atoms with E-state index >= 15 is 0 Å². The highest BCUT2D eigenvalue weighted by Crippen LogP contribution is 2.42. The summed E-state index contributed by atoms with van der Waals surface area (Å²) < 4.78 is 16.0. The molecule has 0 saturated heterocycles. The maximum absolute atomic E-state index is 5.90. The Bertz CT molecular complexity index is 587. The summed E-state index contributed by atoms with van der Waals surface area (Å²) >= 11 is 7.47. The molecule has 4 nitrogen and oxygen atoms in total. The summed E-state index contributed by atoms with van der Waals surface area (Å²) in [5.41, 5.74) is 1.87. The van der Waals surface area contributed by atoms with E-state index in [1.54, 1.807) is 32.7 Å². The third-order valence-electron chi connectivity index (χ3n) is 2.93. The zero-order chi connectivity index (χ0) is 14.7. The van der Waals surface area contributed by atoms with E-state index in [1.165, 1.54) is 0 Å². The Morgan fingerprint density at radius 1 is 1.10 bits per heavy atom. The van der Waals surface area contributed by atoms with Gasteiger partial charge in [-0.25, -0.2) is 4.98 Å². The molecule has 0 fully saturated rings. The van der Waals surface area contributed by atoms with Gasteiger partial charge in [0.15, 0.2) is 11.5 Å². The van der Waals surface area contributed by atoms with Crippen LogP contribution in [0.5, 0.6) is 17.2 Å². The van der Waals surface area contributed by atoms with Gasteiger partial charge in [0.2, 0.25) is 5.75 Å². The van der Waals surface area contributed by atoms with Crippen LogP contribution in [0.3, 0.4) is 0 Å². The number of rotatable bonds is 5. The number of aromatic nitrogens is 1. The zero-order valence-electron chi connectivity index (χ0n) is 11.8. The van der Waals surface area contributed by atoms with Crippen LogP contribution in [0.25, 0.3) is 10.6 Å². The number of aryl methyl sites for hydroxylation is 1. The van der Waals surface area contributed by atoms with Gasteiger partial charge >= 0.3 is 0 Å². The molecule has 2 rings (SSSR count). The highest BCUT2D eigenvalue weighted by atomic mass is 35.5. The van der Waals surface area contributed by atoms with Gasteiger partial charge in [-0.15, -0.1) is 22.9 Å². The number of ether oxygens (including phenoxy) is 3. The minimum atomic E-state index is 0.466. The number of alkyl halides is 1. The monoisotopic (exact) mass is 313 g/mol. The first kappa shape index (κ1) is 14.9. The van der Waals surface area contributed by atoms with Gasteiger partial charge in [-0.3, -0.25) is 0 Å². The number of nitrogens with zero attached hydrogens (tertiary/aromatic N) is 1. The SMILES string of the molecule is COc1cc(-c2nc(C)c(CCl)s2)cc(OC)c1OC. The Labute approximate surface area is 127 Å². The first-order valence-electron chi connectivity index (χ1n) is 5.97. The summed E-state index contributed by atoms with van der Waals surface area (Å²) in [5.74, 6) is 2.27. The molecule has 1 aromatic heterocycles. The van der Waals surface area contributed by atoms with Gasteiger partial charge in [-0.2, -0.15) is 0 Å². The number of benzene rings is 1. The lowest BCUT2D eigenvalue weighted by atomic mass is 10.2. The molecule has 0 radical (unpaired) electrons. The molecule has 0 aliphatic carbocycles. The highest BCUT2D eigenvalue weighted by molar-refractivity contribution is 7.15. The third-order valence-corrected chi connectivity index (χ3v) is 4.56. The summed E-state index contributed by atoms with van der Waals surface area (Å²) in [5, 5.41) is 0.886. The van der Waals surface area contributed by atoms with Crippen molar-refractivity contribution in [3.8, 4) is 27.8 Å². The van der Waals surface area contributed by atoms with Crippen LogP contribution < -0.4 is 14.2 Å². The van der Waals surface area contributed by atoms with E-state index in [4.69, 9.17) is 25.8 Å². The van der Waals surface area contributed by atoms with Crippen LogP contribution in [0.4, 0.5) is 0 Å². The largest absolute Gasteiger partial charge is 0.493 e. The van der Waals surface area contributed by atoms with Crippen LogP contribution in [0.2, 0.25) is 0 Å². The van der Waals surface area contributed by atoms with E-state index in [0.717, 1.165) is 21.1 Å². The number of thiazole rings is 1. The molecular formula is C14H16ClNO3S. The number of hydrogen-bond donors (Lipinski definition) is 0. The van der Waals surface area contributed by atoms with Crippen molar-refractivity contribution in [2.24, 2.45) is 0 Å². The predicted molar refractivity (Wildman–Crippen MR) is 81.5 cm³/mol. The second kappa shape index (κ2) is 6.33. The second-order valence-electron chi connectivity index (χ2n) is 4.08. The Hall–Kier alpha value is -1.46. The topological polar surface area (TPSA) is 40.6 Å². The van der Waals surface area contributed by atoms with Crippen LogP contribution in [0, 0.1) is 6.92 Å². The van der Waals surface area contributed by atoms with Gasteiger partial charge in [0.05, 0.1) is 32.9 Å². The Balaban J connectivity index is 2.56. The number of methoxy groups -OCH3 is 3. The van der Waals surface area contributed by atoms with Crippen LogP contribution in [0.1, 0.15) is 10.6 Å². The summed E-state index contributed by atoms with van der Waals surface area (Å²) in [7, 11) is 4.77. The maximum atomic E-state index is 5.90. The molecule has 0 N–H and O–H groups in total. The van der Waals surface area contributed by atoms with Crippen molar-refractivity contribution >= 4 is 22.9 Å². The van der Waals surface area contributed by atoms with Gasteiger partial charge < -0.3 is 14.2 Å². The van der Waals surface area contributed by atoms with Gasteiger partial charge in [0.1, 0.15) is 5.01 Å². The molecule has 0 atom stereocenters. The number of halogens is 1. The Kier molecular flexibility index (Phi) is 4.73. The van der Waals surface area contributed by atoms with Crippen LogP contribution in [0.15, 0.2) is 12.1 Å². The van der Waals surface area contributed by atoms with Crippen molar-refractivity contribution in [1.82, 2.24) is 4.98 Å². The predicted octanol–water partition coefficient (Wildman–Crippen LogP) is 3.88. The van der Waals surface area contributed by atoms with Gasteiger partial charge in [-0.1, -0.05) is 0 Å². The second-order valence-corrected chi connectivity index (χ2v) is 5.43. The number of hydrogen-bond acceptors (Lipinski definition) is 5. The van der Waals surface area contributed by atoms with Crippen molar-refractivity contribution in [2.75, 3.05) is 21.3 Å². The van der Waals surface area contributed by atoms with Crippen LogP contribution in [-0.4, -0.2) is 26.3 Å². The van der Waals surface area contributed by atoms with Crippen LogP contribution >= 0.6 is 22.9 Å². The standard InChI is InChI=1S/C14H16ClNO3S/c1-8-12(7-15)20-14(16-8)9-5-10(17-2)13(19-4)11(6-9)18-3/h5-6H,7H2,1-4H3. The molecular weight excluding hydrogens is 298 g/mol. The molecule has 0 amide bonds. The minimum Gasteiger partial charge on any atom is -0.493 e. The van der Waals surface area contributed by atoms with E-state index in [9.17, 15) is 0 Å². The average Bonchev–Trinajstić information content (AvgIpc) is 2.86. The van der Waals surface area contributed by atoms with Gasteiger partial charge in [0.25, 0.3) is 0 Å². The molecule has 0 aliphatic heterocycles. The van der Waals surface area contributed by atoms with Crippen molar-refractivity contribution in [3.63, 3.8) is 0 Å². The zero-order valence-corrected chi connectivity index (χ0v) is 13.4. The van der Waals surface area contributed by atoms with E-state index < -0.39 is 0 Å². The summed E-state index contributed by atoms with van der Waals surface area (Å²) in [6.45, 7) is 1.95. The molecule has 6 heteroatoms. The molecule has 20 heavy (non-hydrogen) atoms. The molecule has 1 aromatic carbocycles. The van der Waals surface area contributed by atoms with Crippen molar-refractivity contribution < 1.29 is 14.2 Å². The minimum absolute atomic E-state index is 0.466. The molecule has 108 valence electrons. The molecule has 1 heterocycles. The average molecular weight is 314 g/mol. The first-order chi connectivity index (χ1) is 9.64. The van der Waals surface area contributed by atoms with Crippen molar-refractivity contribution in [3.05, 3.63) is 22.7 Å². The molecule has 0 saturated carbocycles. The van der Waals surface area contributed by atoms with Gasteiger partial charge in [-0.05, 0) is 19.1 Å². The lowest BCUT2D eigenvalue weighted by Gasteiger charge is -2.13. The molecule has 0 spiro atoms. The fourth-order valence-electron chi connectivity index (χ4n) is 1.88. The summed E-state index contributed by atoms with van der Waals surface area (Å²) in [6, 6.07) is 3.77. The quantitative estimate of drug-likeness (QED) is 0.785. The Morgan fingerprint density at radius 2 is 1.70 bits per heavy atom. The maximum Gasteiger partial charge on any atom is 0.203 e.